The van der Waals surface area contributed by atoms with Crippen LogP contribution >= 0.6 is 0 Å². The van der Waals surface area contributed by atoms with Crippen LogP contribution < -0.4 is 9.80 Å². The molecule has 0 saturated carbocycles. The molecule has 3 rings (SSSR count). The number of rotatable bonds is 3. The highest BCUT2D eigenvalue weighted by Crippen LogP contribution is 2.19. The Morgan fingerprint density at radius 2 is 1.82 bits per heavy atom. The third-order valence-electron chi connectivity index (χ3n) is 3.55. The number of hydrogen-bond donors (Lipinski definition) is 0. The molecule has 0 N–H and O–H groups in total. The summed E-state index contributed by atoms with van der Waals surface area (Å²) in [6, 6.07) is 1.94. The molecule has 2 aromatic rings. The Morgan fingerprint density at radius 1 is 1.14 bits per heavy atom. The summed E-state index contributed by atoms with van der Waals surface area (Å²) >= 11 is 0. The third kappa shape index (κ3) is 2.78. The van der Waals surface area contributed by atoms with Gasteiger partial charge in [-0.05, 0) is 13.0 Å². The maximum atomic E-state index is 10.6. The highest BCUT2D eigenvalue weighted by Gasteiger charge is 2.27. The molecule has 1 atom stereocenters. The smallest absolute Gasteiger partial charge is 0.305 e. The lowest BCUT2D eigenvalue weighted by atomic mass is 10.2. The second kappa shape index (κ2) is 5.88. The van der Waals surface area contributed by atoms with E-state index in [1.54, 1.807) is 18.5 Å². The average Bonchev–Trinajstić information content (AvgIpc) is 2.56. The van der Waals surface area contributed by atoms with Crippen LogP contribution in [0.4, 0.5) is 17.6 Å². The summed E-state index contributed by atoms with van der Waals surface area (Å²) in [5, 5.41) is 10.6. The minimum Gasteiger partial charge on any atom is -0.337 e. The summed E-state index contributed by atoms with van der Waals surface area (Å²) in [7, 11) is 0. The molecule has 1 saturated heterocycles. The first-order valence-electron chi connectivity index (χ1n) is 6.90. The number of hydrogen-bond acceptors (Lipinski definition) is 8. The summed E-state index contributed by atoms with van der Waals surface area (Å²) in [6.45, 7) is 4.25. The topological polar surface area (TPSA) is 101 Å². The van der Waals surface area contributed by atoms with Gasteiger partial charge in [0, 0.05) is 38.1 Å². The van der Waals surface area contributed by atoms with Crippen LogP contribution in [0, 0.1) is 10.1 Å². The minimum atomic E-state index is -0.502. The molecule has 0 aromatic carbocycles. The number of nitro groups is 1. The molecule has 2 aromatic heterocycles. The predicted octanol–water partition coefficient (Wildman–Crippen LogP) is 0.890. The lowest BCUT2D eigenvalue weighted by Crippen LogP contribution is -2.53. The monoisotopic (exact) mass is 301 g/mol. The van der Waals surface area contributed by atoms with Crippen molar-refractivity contribution in [1.29, 1.82) is 0 Å². The molecule has 9 nitrogen and oxygen atoms in total. The molecular weight excluding hydrogens is 286 g/mol. The summed E-state index contributed by atoms with van der Waals surface area (Å²) in [6.07, 6.45) is 5.92. The molecule has 0 radical (unpaired) electrons. The van der Waals surface area contributed by atoms with E-state index in [4.69, 9.17) is 0 Å². The van der Waals surface area contributed by atoms with E-state index in [-0.39, 0.29) is 11.7 Å². The molecule has 0 unspecified atom stereocenters. The summed E-state index contributed by atoms with van der Waals surface area (Å²) < 4.78 is 0. The van der Waals surface area contributed by atoms with Crippen LogP contribution in [0.15, 0.2) is 30.9 Å². The van der Waals surface area contributed by atoms with Crippen LogP contribution in [-0.4, -0.2) is 50.5 Å². The van der Waals surface area contributed by atoms with Gasteiger partial charge in [0.2, 0.25) is 11.9 Å². The van der Waals surface area contributed by atoms with Gasteiger partial charge in [-0.15, -0.1) is 0 Å². The zero-order valence-corrected chi connectivity index (χ0v) is 12.0. The Morgan fingerprint density at radius 3 is 2.41 bits per heavy atom. The van der Waals surface area contributed by atoms with Gasteiger partial charge in [-0.25, -0.2) is 19.9 Å². The third-order valence-corrected chi connectivity index (χ3v) is 3.55. The second-order valence-electron chi connectivity index (χ2n) is 5.04. The van der Waals surface area contributed by atoms with Gasteiger partial charge in [-0.1, -0.05) is 0 Å². The molecule has 1 aliphatic heterocycles. The van der Waals surface area contributed by atoms with Crippen molar-refractivity contribution in [2.75, 3.05) is 29.4 Å². The van der Waals surface area contributed by atoms with Crippen molar-refractivity contribution in [1.82, 2.24) is 19.9 Å². The van der Waals surface area contributed by atoms with Gasteiger partial charge in [0.15, 0.2) is 0 Å². The maximum absolute atomic E-state index is 10.6. The number of piperazine rings is 1. The van der Waals surface area contributed by atoms with E-state index >= 15 is 0 Å². The van der Waals surface area contributed by atoms with Gasteiger partial charge in [-0.2, -0.15) is 0 Å². The molecule has 9 heteroatoms. The Kier molecular flexibility index (Phi) is 3.77. The van der Waals surface area contributed by atoms with Gasteiger partial charge < -0.3 is 9.80 Å². The SMILES string of the molecule is C[C@H]1CN(c2ncccn2)CCN1c1ncc([N+](=O)[O-])cn1. The normalized spacial score (nSPS) is 18.3. The van der Waals surface area contributed by atoms with E-state index in [0.29, 0.717) is 18.4 Å². The van der Waals surface area contributed by atoms with Gasteiger partial charge in [0.25, 0.3) is 0 Å². The Balaban J connectivity index is 1.71. The van der Waals surface area contributed by atoms with Crippen molar-refractivity contribution in [3.05, 3.63) is 41.0 Å². The number of anilines is 2. The fourth-order valence-electron chi connectivity index (χ4n) is 2.45. The largest absolute Gasteiger partial charge is 0.337 e. The predicted molar refractivity (Wildman–Crippen MR) is 79.7 cm³/mol. The standard InChI is InChI=1S/C13H15N7O2/c1-10-9-18(12-14-3-2-4-15-12)5-6-19(10)13-16-7-11(8-17-13)20(21)22/h2-4,7-8,10H,5-6,9H2,1H3/t10-/m0/s1. The minimum absolute atomic E-state index is 0.104. The Labute approximate surface area is 126 Å². The highest BCUT2D eigenvalue weighted by molar-refractivity contribution is 5.40. The van der Waals surface area contributed by atoms with Crippen molar-refractivity contribution < 1.29 is 4.92 Å². The quantitative estimate of drug-likeness (QED) is 0.608. The van der Waals surface area contributed by atoms with Gasteiger partial charge in [0.1, 0.15) is 12.4 Å². The number of nitrogens with zero attached hydrogens (tertiary/aromatic N) is 7. The van der Waals surface area contributed by atoms with E-state index in [2.05, 4.69) is 31.8 Å². The zero-order chi connectivity index (χ0) is 15.5. The van der Waals surface area contributed by atoms with Gasteiger partial charge >= 0.3 is 5.69 Å². The lowest BCUT2D eigenvalue weighted by Gasteiger charge is -2.39. The highest BCUT2D eigenvalue weighted by atomic mass is 16.6. The van der Waals surface area contributed by atoms with Crippen LogP contribution in [0.25, 0.3) is 0 Å². The van der Waals surface area contributed by atoms with Gasteiger partial charge in [0.05, 0.1) is 4.92 Å². The van der Waals surface area contributed by atoms with Gasteiger partial charge in [-0.3, -0.25) is 10.1 Å². The van der Waals surface area contributed by atoms with Crippen molar-refractivity contribution in [3.63, 3.8) is 0 Å². The molecule has 1 aliphatic rings. The lowest BCUT2D eigenvalue weighted by molar-refractivity contribution is -0.385. The van der Waals surface area contributed by atoms with E-state index in [9.17, 15) is 10.1 Å². The molecule has 3 heterocycles. The first kappa shape index (κ1) is 14.1. The molecule has 0 spiro atoms. The van der Waals surface area contributed by atoms with Crippen LogP contribution in [0.2, 0.25) is 0 Å². The zero-order valence-electron chi connectivity index (χ0n) is 12.0. The van der Waals surface area contributed by atoms with E-state index in [0.717, 1.165) is 13.1 Å². The summed E-state index contributed by atoms with van der Waals surface area (Å²) in [4.78, 5) is 31.0. The Bertz CT molecular complexity index is 649. The maximum Gasteiger partial charge on any atom is 0.305 e. The molecule has 0 aliphatic carbocycles. The molecular formula is C13H15N7O2. The molecule has 0 amide bonds. The van der Waals surface area contributed by atoms with Crippen molar-refractivity contribution in [2.24, 2.45) is 0 Å². The molecule has 22 heavy (non-hydrogen) atoms. The summed E-state index contributed by atoms with van der Waals surface area (Å²) in [5.41, 5.74) is -0.104. The van der Waals surface area contributed by atoms with Crippen LogP contribution in [0.5, 0.6) is 0 Å². The van der Waals surface area contributed by atoms with Crippen molar-refractivity contribution in [2.45, 2.75) is 13.0 Å². The summed E-state index contributed by atoms with van der Waals surface area (Å²) in [5.74, 6) is 1.21. The van der Waals surface area contributed by atoms with E-state index < -0.39 is 4.92 Å². The van der Waals surface area contributed by atoms with E-state index in [1.165, 1.54) is 12.4 Å². The molecule has 1 fully saturated rings. The van der Waals surface area contributed by atoms with Crippen molar-refractivity contribution in [3.8, 4) is 0 Å². The molecule has 0 bridgehead atoms. The van der Waals surface area contributed by atoms with Crippen molar-refractivity contribution >= 4 is 17.6 Å². The van der Waals surface area contributed by atoms with Crippen LogP contribution in [-0.2, 0) is 0 Å². The second-order valence-corrected chi connectivity index (χ2v) is 5.04. The Hall–Kier alpha value is -2.84. The number of aromatic nitrogens is 4. The van der Waals surface area contributed by atoms with Crippen LogP contribution in [0.1, 0.15) is 6.92 Å². The van der Waals surface area contributed by atoms with E-state index in [1.807, 2.05) is 4.90 Å². The first-order valence-corrected chi connectivity index (χ1v) is 6.90. The average molecular weight is 301 g/mol. The first-order chi connectivity index (χ1) is 10.6. The molecule has 114 valence electrons. The fraction of sp³-hybridized carbons (Fsp3) is 0.385. The van der Waals surface area contributed by atoms with Crippen LogP contribution in [0.3, 0.4) is 0 Å². The fourth-order valence-corrected chi connectivity index (χ4v) is 2.45.